The van der Waals surface area contributed by atoms with Crippen LogP contribution in [0.1, 0.15) is 17.5 Å². The number of halogens is 1. The van der Waals surface area contributed by atoms with Crippen molar-refractivity contribution in [3.63, 3.8) is 0 Å². The Kier molecular flexibility index (Phi) is 7.96. The summed E-state index contributed by atoms with van der Waals surface area (Å²) in [5.74, 6) is 0.453. The van der Waals surface area contributed by atoms with Crippen molar-refractivity contribution in [1.82, 2.24) is 19.7 Å². The molecule has 0 spiro atoms. The van der Waals surface area contributed by atoms with Crippen LogP contribution in [0.15, 0.2) is 60.7 Å². The molecule has 12 heteroatoms. The SMILES string of the molecule is COc1cccc(-c2nnc(CS(=O)(=O)C[C@H](O)c3ccc(Cl)cc3)n2-c2c(OC)cccc2OC)n1. The van der Waals surface area contributed by atoms with Gasteiger partial charge in [-0.05, 0) is 35.9 Å². The first kappa shape index (κ1) is 26.4. The smallest absolute Gasteiger partial charge is 0.213 e. The molecule has 2 aromatic carbocycles. The second-order valence-electron chi connectivity index (χ2n) is 7.97. The number of methoxy groups -OCH3 is 3. The van der Waals surface area contributed by atoms with Crippen LogP contribution in [0.5, 0.6) is 17.4 Å². The normalized spacial score (nSPS) is 12.2. The highest BCUT2D eigenvalue weighted by atomic mass is 35.5. The maximum Gasteiger partial charge on any atom is 0.213 e. The van der Waals surface area contributed by atoms with Crippen LogP contribution < -0.4 is 14.2 Å². The zero-order valence-corrected chi connectivity index (χ0v) is 21.9. The Morgan fingerprint density at radius 1 is 0.919 bits per heavy atom. The number of sulfone groups is 1. The van der Waals surface area contributed by atoms with Crippen molar-refractivity contribution in [3.05, 3.63) is 77.1 Å². The number of hydrogen-bond donors (Lipinski definition) is 1. The lowest BCUT2D eigenvalue weighted by molar-refractivity contribution is 0.201. The van der Waals surface area contributed by atoms with Gasteiger partial charge in [0.2, 0.25) is 5.88 Å². The highest BCUT2D eigenvalue weighted by Gasteiger charge is 2.28. The minimum atomic E-state index is -3.88. The quantitative estimate of drug-likeness (QED) is 0.318. The first-order valence-electron chi connectivity index (χ1n) is 11.1. The molecule has 4 rings (SSSR count). The summed E-state index contributed by atoms with van der Waals surface area (Å²) in [4.78, 5) is 4.44. The molecule has 0 aliphatic rings. The minimum absolute atomic E-state index is 0.0886. The van der Waals surface area contributed by atoms with Gasteiger partial charge in [-0.15, -0.1) is 10.2 Å². The molecule has 0 fully saturated rings. The van der Waals surface area contributed by atoms with E-state index in [1.165, 1.54) is 25.9 Å². The fraction of sp³-hybridized carbons (Fsp3) is 0.240. The van der Waals surface area contributed by atoms with E-state index in [2.05, 4.69) is 15.2 Å². The van der Waals surface area contributed by atoms with Crippen molar-refractivity contribution in [2.24, 2.45) is 0 Å². The Labute approximate surface area is 219 Å². The van der Waals surface area contributed by atoms with Gasteiger partial charge in [0, 0.05) is 11.1 Å². The summed E-state index contributed by atoms with van der Waals surface area (Å²) in [6, 6.07) is 16.6. The third kappa shape index (κ3) is 5.85. The highest BCUT2D eigenvalue weighted by Crippen LogP contribution is 2.36. The molecule has 4 aromatic rings. The van der Waals surface area contributed by atoms with Gasteiger partial charge < -0.3 is 19.3 Å². The Hall–Kier alpha value is -3.67. The van der Waals surface area contributed by atoms with E-state index in [9.17, 15) is 13.5 Å². The number of aromatic nitrogens is 4. The van der Waals surface area contributed by atoms with E-state index in [1.807, 2.05) is 0 Å². The number of benzene rings is 2. The van der Waals surface area contributed by atoms with Gasteiger partial charge in [0.1, 0.15) is 28.6 Å². The largest absolute Gasteiger partial charge is 0.494 e. The molecule has 1 N–H and O–H groups in total. The van der Waals surface area contributed by atoms with E-state index in [-0.39, 0.29) is 11.6 Å². The molecule has 0 aliphatic heterocycles. The standard InChI is InChI=1S/C25H25ClN4O6S/c1-34-20-7-5-8-21(35-2)24(20)30-22(28-29-25(30)18-6-4-9-23(27-18)36-3)15-37(32,33)14-19(31)16-10-12-17(26)13-11-16/h4-13,19,31H,14-15H2,1-3H3/t19-/m0/s1. The van der Waals surface area contributed by atoms with E-state index in [0.29, 0.717) is 39.3 Å². The highest BCUT2D eigenvalue weighted by molar-refractivity contribution is 7.90. The first-order valence-corrected chi connectivity index (χ1v) is 13.3. The molecular formula is C25H25ClN4O6S. The zero-order chi connectivity index (χ0) is 26.6. The molecule has 2 heterocycles. The van der Waals surface area contributed by atoms with Gasteiger partial charge in [0.05, 0.1) is 33.2 Å². The Balaban J connectivity index is 1.80. The predicted octanol–water partition coefficient (Wildman–Crippen LogP) is 3.66. The minimum Gasteiger partial charge on any atom is -0.494 e. The second kappa shape index (κ2) is 11.2. The lowest BCUT2D eigenvalue weighted by Crippen LogP contribution is -2.19. The summed E-state index contributed by atoms with van der Waals surface area (Å²) in [6.45, 7) is 0. The number of para-hydroxylation sites is 1. The second-order valence-corrected chi connectivity index (χ2v) is 10.5. The molecule has 0 bridgehead atoms. The van der Waals surface area contributed by atoms with Crippen LogP contribution in [-0.4, -0.2) is 60.4 Å². The third-order valence-corrected chi connectivity index (χ3v) is 7.31. The number of rotatable bonds is 10. The van der Waals surface area contributed by atoms with Crippen LogP contribution in [-0.2, 0) is 15.6 Å². The van der Waals surface area contributed by atoms with Gasteiger partial charge in [0.25, 0.3) is 0 Å². The Morgan fingerprint density at radius 2 is 1.57 bits per heavy atom. The van der Waals surface area contributed by atoms with Crippen LogP contribution in [0.2, 0.25) is 5.02 Å². The summed E-state index contributed by atoms with van der Waals surface area (Å²) in [6.07, 6.45) is -1.25. The zero-order valence-electron chi connectivity index (χ0n) is 20.3. The molecule has 0 aliphatic carbocycles. The fourth-order valence-corrected chi connectivity index (χ4v) is 5.29. The summed E-state index contributed by atoms with van der Waals surface area (Å²) in [5, 5.41) is 19.5. The van der Waals surface area contributed by atoms with Gasteiger partial charge in [-0.25, -0.2) is 13.4 Å². The number of hydrogen-bond acceptors (Lipinski definition) is 9. The van der Waals surface area contributed by atoms with Gasteiger partial charge in [-0.1, -0.05) is 35.9 Å². The van der Waals surface area contributed by atoms with Crippen molar-refractivity contribution in [3.8, 4) is 34.6 Å². The molecule has 194 valence electrons. The van der Waals surface area contributed by atoms with Crippen LogP contribution in [0.3, 0.4) is 0 Å². The van der Waals surface area contributed by atoms with Gasteiger partial charge >= 0.3 is 0 Å². The van der Waals surface area contributed by atoms with Crippen molar-refractivity contribution < 1.29 is 27.7 Å². The number of nitrogens with zero attached hydrogens (tertiary/aromatic N) is 4. The number of ether oxygens (including phenoxy) is 3. The summed E-state index contributed by atoms with van der Waals surface area (Å²) < 4.78 is 44.3. The molecule has 37 heavy (non-hydrogen) atoms. The van der Waals surface area contributed by atoms with Crippen LogP contribution in [0.25, 0.3) is 17.2 Å². The maximum absolute atomic E-state index is 13.2. The molecule has 0 radical (unpaired) electrons. The maximum atomic E-state index is 13.2. The topological polar surface area (TPSA) is 126 Å². The van der Waals surface area contributed by atoms with Crippen molar-refractivity contribution in [2.45, 2.75) is 11.9 Å². The van der Waals surface area contributed by atoms with E-state index >= 15 is 0 Å². The van der Waals surface area contributed by atoms with Gasteiger partial charge in [-0.3, -0.25) is 4.57 Å². The predicted molar refractivity (Wildman–Crippen MR) is 138 cm³/mol. The van der Waals surface area contributed by atoms with Gasteiger partial charge in [-0.2, -0.15) is 0 Å². The summed E-state index contributed by atoms with van der Waals surface area (Å²) in [7, 11) is 0.596. The molecule has 0 unspecified atom stereocenters. The Bertz CT molecular complexity index is 1470. The molecule has 2 aromatic heterocycles. The molecule has 10 nitrogen and oxygen atoms in total. The van der Waals surface area contributed by atoms with E-state index in [0.717, 1.165) is 0 Å². The molecular weight excluding hydrogens is 520 g/mol. The lowest BCUT2D eigenvalue weighted by Gasteiger charge is -2.18. The number of aliphatic hydroxyl groups excluding tert-OH is 1. The molecule has 1 atom stereocenters. The number of pyridine rings is 1. The van der Waals surface area contributed by atoms with Gasteiger partial charge in [0.15, 0.2) is 21.5 Å². The summed E-state index contributed by atoms with van der Waals surface area (Å²) >= 11 is 5.90. The molecule has 0 saturated carbocycles. The van der Waals surface area contributed by atoms with Crippen LogP contribution >= 0.6 is 11.6 Å². The lowest BCUT2D eigenvalue weighted by atomic mass is 10.1. The van der Waals surface area contributed by atoms with E-state index in [1.54, 1.807) is 60.7 Å². The van der Waals surface area contributed by atoms with Crippen molar-refractivity contribution in [1.29, 1.82) is 0 Å². The monoisotopic (exact) mass is 544 g/mol. The van der Waals surface area contributed by atoms with Crippen LogP contribution in [0.4, 0.5) is 0 Å². The molecule has 0 saturated heterocycles. The fourth-order valence-electron chi connectivity index (χ4n) is 3.79. The average molecular weight is 545 g/mol. The van der Waals surface area contributed by atoms with E-state index < -0.39 is 27.4 Å². The first-order chi connectivity index (χ1) is 17.8. The third-order valence-electron chi connectivity index (χ3n) is 5.53. The number of aliphatic hydroxyl groups is 1. The average Bonchev–Trinajstić information content (AvgIpc) is 3.30. The van der Waals surface area contributed by atoms with Crippen LogP contribution in [0, 0.1) is 0 Å². The molecule has 0 amide bonds. The van der Waals surface area contributed by atoms with E-state index in [4.69, 9.17) is 25.8 Å². The van der Waals surface area contributed by atoms with Crippen molar-refractivity contribution in [2.75, 3.05) is 27.1 Å². The summed E-state index contributed by atoms with van der Waals surface area (Å²) in [5.41, 5.74) is 1.23. The van der Waals surface area contributed by atoms with Crippen molar-refractivity contribution >= 4 is 21.4 Å². The Morgan fingerprint density at radius 3 is 2.19 bits per heavy atom.